The fourth-order valence-electron chi connectivity index (χ4n) is 4.17. The zero-order chi connectivity index (χ0) is 18.9. The summed E-state index contributed by atoms with van der Waals surface area (Å²) in [6.07, 6.45) is 7.55. The van der Waals surface area contributed by atoms with Crippen molar-refractivity contribution < 1.29 is 0 Å². The highest BCUT2D eigenvalue weighted by molar-refractivity contribution is 5.82. The Hall–Kier alpha value is -2.81. The molecule has 1 fully saturated rings. The van der Waals surface area contributed by atoms with Gasteiger partial charge in [0.15, 0.2) is 11.5 Å². The van der Waals surface area contributed by atoms with Gasteiger partial charge in [-0.05, 0) is 31.2 Å². The molecule has 0 saturated carbocycles. The van der Waals surface area contributed by atoms with Crippen molar-refractivity contribution in [1.29, 1.82) is 0 Å². The second-order valence-corrected chi connectivity index (χ2v) is 7.51. The molecule has 4 heterocycles. The first-order valence-electron chi connectivity index (χ1n) is 9.99. The van der Waals surface area contributed by atoms with Crippen molar-refractivity contribution in [2.24, 2.45) is 0 Å². The molecule has 1 aliphatic carbocycles. The first-order chi connectivity index (χ1) is 13.8. The molecule has 0 aromatic carbocycles. The third kappa shape index (κ3) is 3.26. The number of rotatable bonds is 4. The Morgan fingerprint density at radius 3 is 2.75 bits per heavy atom. The lowest BCUT2D eigenvalue weighted by Gasteiger charge is -2.35. The number of aromatic amines is 1. The zero-order valence-electron chi connectivity index (χ0n) is 15.8. The van der Waals surface area contributed by atoms with Crippen LogP contribution in [0.5, 0.6) is 0 Å². The number of imidazole rings is 1. The van der Waals surface area contributed by atoms with Gasteiger partial charge in [0.1, 0.15) is 11.8 Å². The number of anilines is 1. The maximum atomic E-state index is 12.4. The Morgan fingerprint density at radius 2 is 1.86 bits per heavy atom. The van der Waals surface area contributed by atoms with Crippen LogP contribution in [0.1, 0.15) is 24.1 Å². The summed E-state index contributed by atoms with van der Waals surface area (Å²) >= 11 is 0. The molecule has 1 saturated heterocycles. The molecule has 0 radical (unpaired) electrons. The molecule has 1 N–H and O–H groups in total. The Labute approximate surface area is 162 Å². The molecule has 28 heavy (non-hydrogen) atoms. The molecule has 9 nitrogen and oxygen atoms in total. The highest BCUT2D eigenvalue weighted by Crippen LogP contribution is 2.21. The molecule has 0 unspecified atom stereocenters. The molecular formula is C19H24N8O. The van der Waals surface area contributed by atoms with Crippen molar-refractivity contribution in [2.45, 2.75) is 32.2 Å². The van der Waals surface area contributed by atoms with Crippen LogP contribution in [0.15, 0.2) is 23.5 Å². The summed E-state index contributed by atoms with van der Waals surface area (Å²) in [5.74, 6) is 0.912. The minimum absolute atomic E-state index is 0.0295. The van der Waals surface area contributed by atoms with E-state index in [1.54, 1.807) is 23.4 Å². The van der Waals surface area contributed by atoms with Crippen molar-refractivity contribution in [3.8, 4) is 0 Å². The van der Waals surface area contributed by atoms with Gasteiger partial charge in [-0.2, -0.15) is 5.10 Å². The molecule has 2 aliphatic rings. The summed E-state index contributed by atoms with van der Waals surface area (Å²) in [7, 11) is 0. The van der Waals surface area contributed by atoms with Gasteiger partial charge in [0, 0.05) is 38.8 Å². The topological polar surface area (TPSA) is 95.8 Å². The van der Waals surface area contributed by atoms with Gasteiger partial charge in [-0.15, -0.1) is 0 Å². The van der Waals surface area contributed by atoms with Crippen molar-refractivity contribution in [3.63, 3.8) is 0 Å². The molecule has 0 amide bonds. The van der Waals surface area contributed by atoms with E-state index in [1.807, 2.05) is 0 Å². The molecule has 3 aromatic rings. The zero-order valence-corrected chi connectivity index (χ0v) is 15.8. The standard InChI is InChI=1S/C19H24N8O/c28-16-11-14-3-1-2-4-15(14)24-27(16)10-7-25-5-8-26(9-6-25)19-17-18(21-12-20-17)22-13-23-19/h11-13H,1-10H2,(H,20,21,22,23). The number of fused-ring (bicyclic) bond motifs is 2. The summed E-state index contributed by atoms with van der Waals surface area (Å²) in [6, 6.07) is 1.80. The van der Waals surface area contributed by atoms with Crippen LogP contribution in [0.25, 0.3) is 11.2 Å². The summed E-state index contributed by atoms with van der Waals surface area (Å²) in [5.41, 5.74) is 3.88. The molecule has 0 atom stereocenters. The van der Waals surface area contributed by atoms with E-state index in [1.165, 1.54) is 12.8 Å². The van der Waals surface area contributed by atoms with Crippen LogP contribution in [-0.2, 0) is 19.4 Å². The van der Waals surface area contributed by atoms with Gasteiger partial charge in [0.25, 0.3) is 5.56 Å². The van der Waals surface area contributed by atoms with E-state index in [9.17, 15) is 4.79 Å². The van der Waals surface area contributed by atoms with E-state index >= 15 is 0 Å². The lowest BCUT2D eigenvalue weighted by atomic mass is 9.97. The number of piperazine rings is 1. The molecule has 5 rings (SSSR count). The van der Waals surface area contributed by atoms with Crippen LogP contribution >= 0.6 is 0 Å². The average Bonchev–Trinajstić information content (AvgIpc) is 3.22. The number of aromatic nitrogens is 6. The predicted molar refractivity (Wildman–Crippen MR) is 105 cm³/mol. The Balaban J connectivity index is 1.21. The molecule has 0 spiro atoms. The van der Waals surface area contributed by atoms with Gasteiger partial charge in [0.05, 0.1) is 18.6 Å². The highest BCUT2D eigenvalue weighted by atomic mass is 16.1. The summed E-state index contributed by atoms with van der Waals surface area (Å²) in [4.78, 5) is 33.0. The van der Waals surface area contributed by atoms with E-state index in [-0.39, 0.29) is 5.56 Å². The first-order valence-corrected chi connectivity index (χ1v) is 9.99. The SMILES string of the molecule is O=c1cc2c(nn1CCN1CCN(c3ncnc4nc[nH]c34)CC1)CCCC2. The molecule has 1 aliphatic heterocycles. The summed E-state index contributed by atoms with van der Waals surface area (Å²) in [6.45, 7) is 5.11. The third-order valence-electron chi connectivity index (χ3n) is 5.78. The van der Waals surface area contributed by atoms with Gasteiger partial charge in [0.2, 0.25) is 0 Å². The van der Waals surface area contributed by atoms with Crippen LogP contribution in [0.3, 0.4) is 0 Å². The molecule has 0 bridgehead atoms. The molecular weight excluding hydrogens is 356 g/mol. The number of hydrogen-bond acceptors (Lipinski definition) is 7. The minimum atomic E-state index is 0.0295. The summed E-state index contributed by atoms with van der Waals surface area (Å²) in [5, 5.41) is 4.63. The number of H-pyrrole nitrogens is 1. The van der Waals surface area contributed by atoms with Crippen LogP contribution in [0.4, 0.5) is 5.82 Å². The molecule has 146 valence electrons. The lowest BCUT2D eigenvalue weighted by molar-refractivity contribution is 0.242. The van der Waals surface area contributed by atoms with Gasteiger partial charge in [-0.3, -0.25) is 9.69 Å². The summed E-state index contributed by atoms with van der Waals surface area (Å²) < 4.78 is 1.65. The van der Waals surface area contributed by atoms with E-state index in [4.69, 9.17) is 0 Å². The monoisotopic (exact) mass is 380 g/mol. The average molecular weight is 380 g/mol. The van der Waals surface area contributed by atoms with Crippen molar-refractivity contribution >= 4 is 17.0 Å². The van der Waals surface area contributed by atoms with Crippen molar-refractivity contribution in [3.05, 3.63) is 40.3 Å². The largest absolute Gasteiger partial charge is 0.352 e. The fraction of sp³-hybridized carbons (Fsp3) is 0.526. The Bertz CT molecular complexity index is 1030. The lowest BCUT2D eigenvalue weighted by Crippen LogP contribution is -2.48. The Morgan fingerprint density at radius 1 is 1.00 bits per heavy atom. The van der Waals surface area contributed by atoms with Crippen LogP contribution in [0.2, 0.25) is 0 Å². The van der Waals surface area contributed by atoms with E-state index in [0.717, 1.165) is 68.2 Å². The van der Waals surface area contributed by atoms with Crippen LogP contribution in [-0.4, -0.2) is 67.3 Å². The van der Waals surface area contributed by atoms with Crippen molar-refractivity contribution in [1.82, 2.24) is 34.6 Å². The minimum Gasteiger partial charge on any atom is -0.352 e. The number of aryl methyl sites for hydroxylation is 2. The number of hydrogen-bond donors (Lipinski definition) is 1. The van der Waals surface area contributed by atoms with Crippen LogP contribution in [0, 0.1) is 0 Å². The van der Waals surface area contributed by atoms with Crippen molar-refractivity contribution in [2.75, 3.05) is 37.6 Å². The molecule has 9 heteroatoms. The smallest absolute Gasteiger partial charge is 0.267 e. The maximum absolute atomic E-state index is 12.4. The van der Waals surface area contributed by atoms with E-state index in [2.05, 4.69) is 34.8 Å². The Kier molecular flexibility index (Phi) is 4.52. The van der Waals surface area contributed by atoms with E-state index < -0.39 is 0 Å². The second-order valence-electron chi connectivity index (χ2n) is 7.51. The van der Waals surface area contributed by atoms with E-state index in [0.29, 0.717) is 12.2 Å². The second kappa shape index (κ2) is 7.31. The maximum Gasteiger partial charge on any atom is 0.267 e. The predicted octanol–water partition coefficient (Wildman–Crippen LogP) is 0.611. The highest BCUT2D eigenvalue weighted by Gasteiger charge is 2.21. The number of nitrogens with one attached hydrogen (secondary N) is 1. The molecule has 3 aromatic heterocycles. The van der Waals surface area contributed by atoms with Gasteiger partial charge in [-0.1, -0.05) is 0 Å². The van der Waals surface area contributed by atoms with Crippen LogP contribution < -0.4 is 10.5 Å². The fourth-order valence-corrected chi connectivity index (χ4v) is 4.17. The number of nitrogens with zero attached hydrogens (tertiary/aromatic N) is 7. The first kappa shape index (κ1) is 17.3. The quantitative estimate of drug-likeness (QED) is 0.708. The normalized spacial score (nSPS) is 17.8. The van der Waals surface area contributed by atoms with Gasteiger partial charge >= 0.3 is 0 Å². The van der Waals surface area contributed by atoms with Gasteiger partial charge in [-0.25, -0.2) is 19.6 Å². The van der Waals surface area contributed by atoms with Gasteiger partial charge < -0.3 is 9.88 Å². The third-order valence-corrected chi connectivity index (χ3v) is 5.78.